The normalized spacial score (nSPS) is 12.8. The number of hydrogen-bond acceptors (Lipinski definition) is 2. The summed E-state index contributed by atoms with van der Waals surface area (Å²) in [5.74, 6) is -0.965. The van der Waals surface area contributed by atoms with Crippen molar-refractivity contribution in [3.8, 4) is 0 Å². The number of halogens is 1. The molecule has 0 aromatic heterocycles. The Balaban J connectivity index is 3.62. The summed E-state index contributed by atoms with van der Waals surface area (Å²) < 4.78 is 11.9. The summed E-state index contributed by atoms with van der Waals surface area (Å²) in [4.78, 5) is 19.5. The molecule has 8 heavy (non-hydrogen) atoms. The minimum Gasteiger partial charge on any atom is -0.294 e. The molecular formula is C5H7FO2. The first-order valence-corrected chi connectivity index (χ1v) is 2.35. The second kappa shape index (κ2) is 3.29. The Bertz CT molecular complexity index is 101. The van der Waals surface area contributed by atoms with Crippen molar-refractivity contribution >= 4 is 12.1 Å². The molecule has 1 unspecified atom stereocenters. The van der Waals surface area contributed by atoms with E-state index in [9.17, 15) is 14.0 Å². The van der Waals surface area contributed by atoms with Crippen LogP contribution in [0.5, 0.6) is 0 Å². The fourth-order valence-corrected chi connectivity index (χ4v) is 0.275. The summed E-state index contributed by atoms with van der Waals surface area (Å²) >= 11 is 0. The Labute approximate surface area is 46.7 Å². The molecule has 0 rings (SSSR count). The lowest BCUT2D eigenvalue weighted by Crippen LogP contribution is -2.14. The molecule has 0 radical (unpaired) electrons. The van der Waals surface area contributed by atoms with Crippen molar-refractivity contribution in [3.63, 3.8) is 0 Å². The van der Waals surface area contributed by atoms with E-state index in [0.717, 1.165) is 0 Å². The van der Waals surface area contributed by atoms with Crippen LogP contribution >= 0.6 is 0 Å². The van der Waals surface area contributed by atoms with Crippen LogP contribution in [-0.4, -0.2) is 18.2 Å². The highest BCUT2D eigenvalue weighted by Gasteiger charge is 2.11. The number of Topliss-reactive ketones (excluding diaryl/α,β-unsaturated/α-hetero) is 1. The molecule has 0 aliphatic carbocycles. The number of ketones is 1. The summed E-state index contributed by atoms with van der Waals surface area (Å²) in [6.07, 6.45) is -1.50. The highest BCUT2D eigenvalue weighted by atomic mass is 19.1. The Morgan fingerprint density at radius 3 is 2.50 bits per heavy atom. The van der Waals surface area contributed by atoms with Crippen LogP contribution in [0.15, 0.2) is 0 Å². The van der Waals surface area contributed by atoms with Gasteiger partial charge in [-0.05, 0) is 6.42 Å². The van der Waals surface area contributed by atoms with Gasteiger partial charge in [-0.2, -0.15) is 0 Å². The Hall–Kier alpha value is -0.730. The average molecular weight is 118 g/mol. The summed E-state index contributed by atoms with van der Waals surface area (Å²) in [6, 6.07) is 0. The maximum atomic E-state index is 11.9. The monoisotopic (exact) mass is 118 g/mol. The van der Waals surface area contributed by atoms with Crippen molar-refractivity contribution in [1.29, 1.82) is 0 Å². The van der Waals surface area contributed by atoms with Gasteiger partial charge >= 0.3 is 0 Å². The molecule has 0 aliphatic rings. The summed E-state index contributed by atoms with van der Waals surface area (Å²) in [5, 5.41) is 0. The van der Waals surface area contributed by atoms with Crippen molar-refractivity contribution in [2.24, 2.45) is 0 Å². The molecule has 0 aromatic carbocycles. The maximum absolute atomic E-state index is 11.9. The molecule has 0 bridgehead atoms. The number of alkyl halides is 1. The molecule has 0 saturated heterocycles. The highest BCUT2D eigenvalue weighted by Crippen LogP contribution is 1.94. The van der Waals surface area contributed by atoms with Gasteiger partial charge in [0.25, 0.3) is 0 Å². The molecule has 0 spiro atoms. The van der Waals surface area contributed by atoms with Gasteiger partial charge in [0.05, 0.1) is 0 Å². The molecule has 3 heteroatoms. The van der Waals surface area contributed by atoms with Crippen molar-refractivity contribution in [3.05, 3.63) is 0 Å². The predicted octanol–water partition coefficient (Wildman–Crippen LogP) is 0.503. The fraction of sp³-hybridized carbons (Fsp3) is 0.600. The van der Waals surface area contributed by atoms with E-state index in [1.54, 1.807) is 0 Å². The summed E-state index contributed by atoms with van der Waals surface area (Å²) in [5.41, 5.74) is 0. The topological polar surface area (TPSA) is 34.1 Å². The van der Waals surface area contributed by atoms with E-state index in [1.165, 1.54) is 6.92 Å². The maximum Gasteiger partial charge on any atom is 0.229 e. The van der Waals surface area contributed by atoms with E-state index < -0.39 is 12.0 Å². The fourth-order valence-electron chi connectivity index (χ4n) is 0.275. The average Bonchev–Trinajstić information content (AvgIpc) is 1.84. The third-order valence-corrected chi connectivity index (χ3v) is 0.783. The molecule has 1 atom stereocenters. The zero-order valence-electron chi connectivity index (χ0n) is 4.56. The Morgan fingerprint density at radius 1 is 1.88 bits per heavy atom. The number of hydrogen-bond donors (Lipinski definition) is 0. The standard InChI is InChI=1S/C5H7FO2/c1-2-4(6)5(8)3-7/h3-4H,2H2,1H3. The van der Waals surface area contributed by atoms with Crippen LogP contribution in [0, 0.1) is 0 Å². The van der Waals surface area contributed by atoms with Crippen LogP contribution in [0.3, 0.4) is 0 Å². The van der Waals surface area contributed by atoms with Gasteiger partial charge in [0.2, 0.25) is 5.78 Å². The predicted molar refractivity (Wildman–Crippen MR) is 26.3 cm³/mol. The van der Waals surface area contributed by atoms with Gasteiger partial charge in [-0.25, -0.2) is 4.39 Å². The molecule has 0 aromatic rings. The van der Waals surface area contributed by atoms with Crippen molar-refractivity contribution in [1.82, 2.24) is 0 Å². The molecule has 0 aliphatic heterocycles. The van der Waals surface area contributed by atoms with Crippen molar-refractivity contribution in [2.75, 3.05) is 0 Å². The van der Waals surface area contributed by atoms with Gasteiger partial charge in [-0.3, -0.25) is 9.59 Å². The van der Waals surface area contributed by atoms with Crippen LogP contribution in [0.25, 0.3) is 0 Å². The number of rotatable bonds is 3. The zero-order valence-corrected chi connectivity index (χ0v) is 4.56. The Morgan fingerprint density at radius 2 is 2.38 bits per heavy atom. The van der Waals surface area contributed by atoms with Gasteiger partial charge < -0.3 is 0 Å². The van der Waals surface area contributed by atoms with Gasteiger partial charge in [0, 0.05) is 0 Å². The lowest BCUT2D eigenvalue weighted by Gasteiger charge is -1.93. The van der Waals surface area contributed by atoms with Crippen LogP contribution in [-0.2, 0) is 9.59 Å². The SMILES string of the molecule is CCC(F)C(=O)C=O. The quantitative estimate of drug-likeness (QED) is 0.399. The van der Waals surface area contributed by atoms with Gasteiger partial charge in [-0.15, -0.1) is 0 Å². The molecular weight excluding hydrogens is 111 g/mol. The second-order valence-electron chi connectivity index (χ2n) is 1.40. The minimum atomic E-state index is -1.59. The van der Waals surface area contributed by atoms with E-state index in [4.69, 9.17) is 0 Å². The molecule has 0 fully saturated rings. The van der Waals surface area contributed by atoms with Crippen molar-refractivity contribution in [2.45, 2.75) is 19.5 Å². The highest BCUT2D eigenvalue weighted by molar-refractivity contribution is 6.26. The lowest BCUT2D eigenvalue weighted by molar-refractivity contribution is -0.133. The number of carbonyl (C=O) groups is 2. The molecule has 0 saturated carbocycles. The molecule has 0 heterocycles. The summed E-state index contributed by atoms with van der Waals surface area (Å²) in [6.45, 7) is 1.51. The first kappa shape index (κ1) is 7.27. The smallest absolute Gasteiger partial charge is 0.229 e. The van der Waals surface area contributed by atoms with Gasteiger partial charge in [0.15, 0.2) is 12.5 Å². The van der Waals surface area contributed by atoms with E-state index in [2.05, 4.69) is 0 Å². The molecule has 0 N–H and O–H groups in total. The third kappa shape index (κ3) is 1.82. The second-order valence-corrected chi connectivity index (χ2v) is 1.40. The van der Waals surface area contributed by atoms with E-state index >= 15 is 0 Å². The first-order chi connectivity index (χ1) is 3.72. The molecule has 2 nitrogen and oxygen atoms in total. The van der Waals surface area contributed by atoms with E-state index in [1.807, 2.05) is 0 Å². The largest absolute Gasteiger partial charge is 0.294 e. The Kier molecular flexibility index (Phi) is 2.99. The molecule has 0 amide bonds. The number of carbonyl (C=O) groups excluding carboxylic acids is 2. The van der Waals surface area contributed by atoms with Crippen LogP contribution in [0.4, 0.5) is 4.39 Å². The zero-order chi connectivity index (χ0) is 6.57. The van der Waals surface area contributed by atoms with Gasteiger partial charge in [0.1, 0.15) is 0 Å². The van der Waals surface area contributed by atoms with E-state index in [-0.39, 0.29) is 12.7 Å². The van der Waals surface area contributed by atoms with Crippen molar-refractivity contribution < 1.29 is 14.0 Å². The van der Waals surface area contributed by atoms with Gasteiger partial charge in [-0.1, -0.05) is 6.92 Å². The van der Waals surface area contributed by atoms with E-state index in [0.29, 0.717) is 0 Å². The number of aldehydes is 1. The van der Waals surface area contributed by atoms with Crippen LogP contribution in [0.2, 0.25) is 0 Å². The molecule has 46 valence electrons. The third-order valence-electron chi connectivity index (χ3n) is 0.783. The van der Waals surface area contributed by atoms with Crippen LogP contribution < -0.4 is 0 Å². The summed E-state index contributed by atoms with van der Waals surface area (Å²) in [7, 11) is 0. The minimum absolute atomic E-state index is 0.00810. The first-order valence-electron chi connectivity index (χ1n) is 2.35. The lowest BCUT2D eigenvalue weighted by atomic mass is 10.2. The van der Waals surface area contributed by atoms with Crippen LogP contribution in [0.1, 0.15) is 13.3 Å².